The van der Waals surface area contributed by atoms with Crippen molar-refractivity contribution in [1.29, 1.82) is 0 Å². The number of nitrogens with zero attached hydrogens (tertiary/aromatic N) is 2. The van der Waals surface area contributed by atoms with Gasteiger partial charge >= 0.3 is 0 Å². The Hall–Kier alpha value is -3.01. The average molecular weight is 317 g/mol. The number of aromatic nitrogens is 2. The van der Waals surface area contributed by atoms with E-state index in [1.165, 1.54) is 5.56 Å². The lowest BCUT2D eigenvalue weighted by Gasteiger charge is -2.06. The van der Waals surface area contributed by atoms with Gasteiger partial charge in [0.25, 0.3) is 5.91 Å². The van der Waals surface area contributed by atoms with E-state index in [-0.39, 0.29) is 5.91 Å². The molecule has 0 radical (unpaired) electrons. The van der Waals surface area contributed by atoms with E-state index in [1.54, 1.807) is 18.6 Å². The van der Waals surface area contributed by atoms with Gasteiger partial charge in [-0.2, -0.15) is 0 Å². The van der Waals surface area contributed by atoms with Gasteiger partial charge < -0.3 is 5.32 Å². The summed E-state index contributed by atoms with van der Waals surface area (Å²) in [6.07, 6.45) is 5.92. The van der Waals surface area contributed by atoms with Crippen LogP contribution in [0.5, 0.6) is 0 Å². The van der Waals surface area contributed by atoms with E-state index >= 15 is 0 Å². The van der Waals surface area contributed by atoms with Gasteiger partial charge in [0.05, 0.1) is 11.3 Å². The minimum absolute atomic E-state index is 0.104. The maximum Gasteiger partial charge on any atom is 0.252 e. The quantitative estimate of drug-likeness (QED) is 0.784. The second-order valence-corrected chi connectivity index (χ2v) is 5.66. The molecule has 24 heavy (non-hydrogen) atoms. The minimum Gasteiger partial charge on any atom is -0.352 e. The number of benzene rings is 1. The van der Waals surface area contributed by atoms with Crippen LogP contribution in [0.3, 0.4) is 0 Å². The Morgan fingerprint density at radius 2 is 1.92 bits per heavy atom. The van der Waals surface area contributed by atoms with Crippen molar-refractivity contribution in [1.82, 2.24) is 15.3 Å². The monoisotopic (exact) mass is 317 g/mol. The number of hydrogen-bond donors (Lipinski definition) is 1. The van der Waals surface area contributed by atoms with Gasteiger partial charge in [-0.1, -0.05) is 23.8 Å². The number of nitrogens with one attached hydrogen (secondary N) is 1. The van der Waals surface area contributed by atoms with E-state index in [9.17, 15) is 4.79 Å². The van der Waals surface area contributed by atoms with Gasteiger partial charge in [0.2, 0.25) is 0 Å². The van der Waals surface area contributed by atoms with Crippen molar-refractivity contribution in [3.8, 4) is 11.3 Å². The third kappa shape index (κ3) is 4.04. The molecule has 4 heteroatoms. The van der Waals surface area contributed by atoms with Crippen LogP contribution in [0.15, 0.2) is 67.1 Å². The van der Waals surface area contributed by atoms with Crippen LogP contribution in [0.25, 0.3) is 11.3 Å². The van der Waals surface area contributed by atoms with Crippen molar-refractivity contribution in [2.45, 2.75) is 13.3 Å². The number of amides is 1. The lowest BCUT2D eigenvalue weighted by atomic mass is 10.1. The number of hydrogen-bond acceptors (Lipinski definition) is 3. The van der Waals surface area contributed by atoms with Crippen molar-refractivity contribution >= 4 is 5.91 Å². The molecule has 3 rings (SSSR count). The third-order valence-corrected chi connectivity index (χ3v) is 3.79. The Kier molecular flexibility index (Phi) is 4.96. The van der Waals surface area contributed by atoms with Gasteiger partial charge in [0.15, 0.2) is 0 Å². The van der Waals surface area contributed by atoms with Crippen LogP contribution in [0, 0.1) is 6.92 Å². The molecule has 1 N–H and O–H groups in total. The first-order chi connectivity index (χ1) is 11.7. The average Bonchev–Trinajstić information content (AvgIpc) is 2.63. The molecule has 4 nitrogen and oxygen atoms in total. The lowest BCUT2D eigenvalue weighted by Crippen LogP contribution is -2.25. The largest absolute Gasteiger partial charge is 0.352 e. The molecule has 0 unspecified atom stereocenters. The van der Waals surface area contributed by atoms with Crippen LogP contribution in [-0.2, 0) is 6.42 Å². The van der Waals surface area contributed by atoms with Crippen LogP contribution in [0.4, 0.5) is 0 Å². The molecule has 0 saturated carbocycles. The molecule has 3 aromatic rings. The van der Waals surface area contributed by atoms with Crippen molar-refractivity contribution in [2.24, 2.45) is 0 Å². The zero-order valence-corrected chi connectivity index (χ0v) is 13.6. The SMILES string of the molecule is Cc1cccc(-c2ccc(C(=O)NCCc3ccncc3)cn2)c1. The smallest absolute Gasteiger partial charge is 0.252 e. The molecule has 1 amide bonds. The summed E-state index contributed by atoms with van der Waals surface area (Å²) in [5, 5.41) is 2.92. The van der Waals surface area contributed by atoms with Crippen LogP contribution in [0.2, 0.25) is 0 Å². The summed E-state index contributed by atoms with van der Waals surface area (Å²) in [6, 6.07) is 15.7. The van der Waals surface area contributed by atoms with E-state index in [1.807, 2.05) is 49.4 Å². The standard InChI is InChI=1S/C20H19N3O/c1-15-3-2-4-17(13-15)19-6-5-18(14-23-19)20(24)22-12-9-16-7-10-21-11-8-16/h2-8,10-11,13-14H,9,12H2,1H3,(H,22,24). The minimum atomic E-state index is -0.104. The summed E-state index contributed by atoms with van der Waals surface area (Å²) in [4.78, 5) is 20.6. The van der Waals surface area contributed by atoms with Gasteiger partial charge in [0, 0.05) is 30.7 Å². The second kappa shape index (κ2) is 7.51. The van der Waals surface area contributed by atoms with E-state index < -0.39 is 0 Å². The van der Waals surface area contributed by atoms with E-state index in [0.29, 0.717) is 12.1 Å². The summed E-state index contributed by atoms with van der Waals surface area (Å²) in [5.41, 5.74) is 4.83. The highest BCUT2D eigenvalue weighted by atomic mass is 16.1. The first kappa shape index (κ1) is 15.9. The molecule has 120 valence electrons. The summed E-state index contributed by atoms with van der Waals surface area (Å²) >= 11 is 0. The van der Waals surface area contributed by atoms with Crippen LogP contribution >= 0.6 is 0 Å². The van der Waals surface area contributed by atoms with Crippen molar-refractivity contribution in [3.05, 3.63) is 83.8 Å². The fourth-order valence-corrected chi connectivity index (χ4v) is 2.48. The third-order valence-electron chi connectivity index (χ3n) is 3.79. The summed E-state index contributed by atoms with van der Waals surface area (Å²) in [7, 11) is 0. The second-order valence-electron chi connectivity index (χ2n) is 5.66. The van der Waals surface area contributed by atoms with Crippen molar-refractivity contribution in [2.75, 3.05) is 6.54 Å². The highest BCUT2D eigenvalue weighted by molar-refractivity contribution is 5.94. The molecule has 0 aliphatic heterocycles. The normalized spacial score (nSPS) is 10.4. The number of carbonyl (C=O) groups is 1. The molecular formula is C20H19N3O. The molecule has 2 heterocycles. The zero-order valence-electron chi connectivity index (χ0n) is 13.6. The van der Waals surface area contributed by atoms with Crippen molar-refractivity contribution < 1.29 is 4.79 Å². The van der Waals surface area contributed by atoms with Gasteiger partial charge in [0.1, 0.15) is 0 Å². The maximum absolute atomic E-state index is 12.2. The summed E-state index contributed by atoms with van der Waals surface area (Å²) in [6.45, 7) is 2.64. The first-order valence-corrected chi connectivity index (χ1v) is 7.92. The molecule has 0 aliphatic rings. The Labute approximate surface area is 141 Å². The van der Waals surface area contributed by atoms with E-state index in [0.717, 1.165) is 23.2 Å². The fourth-order valence-electron chi connectivity index (χ4n) is 2.48. The Morgan fingerprint density at radius 1 is 1.08 bits per heavy atom. The number of pyridine rings is 2. The predicted molar refractivity (Wildman–Crippen MR) is 94.7 cm³/mol. The van der Waals surface area contributed by atoms with Gasteiger partial charge in [-0.05, 0) is 49.2 Å². The van der Waals surface area contributed by atoms with E-state index in [2.05, 4.69) is 21.4 Å². The maximum atomic E-state index is 12.2. The van der Waals surface area contributed by atoms with Gasteiger partial charge in [-0.15, -0.1) is 0 Å². The molecule has 2 aromatic heterocycles. The number of carbonyl (C=O) groups excluding carboxylic acids is 1. The van der Waals surface area contributed by atoms with Gasteiger partial charge in [-0.25, -0.2) is 0 Å². The molecule has 0 atom stereocenters. The molecule has 0 spiro atoms. The molecule has 1 aromatic carbocycles. The Bertz CT molecular complexity index is 814. The summed E-state index contributed by atoms with van der Waals surface area (Å²) in [5.74, 6) is -0.104. The highest BCUT2D eigenvalue weighted by Gasteiger charge is 2.06. The fraction of sp³-hybridized carbons (Fsp3) is 0.150. The highest BCUT2D eigenvalue weighted by Crippen LogP contribution is 2.18. The number of rotatable bonds is 5. The number of aryl methyl sites for hydroxylation is 1. The van der Waals surface area contributed by atoms with Gasteiger partial charge in [-0.3, -0.25) is 14.8 Å². The van der Waals surface area contributed by atoms with Crippen LogP contribution in [-0.4, -0.2) is 22.4 Å². The molecule has 0 aliphatic carbocycles. The molecule has 0 fully saturated rings. The first-order valence-electron chi connectivity index (χ1n) is 7.92. The van der Waals surface area contributed by atoms with E-state index in [4.69, 9.17) is 0 Å². The molecule has 0 bridgehead atoms. The zero-order chi connectivity index (χ0) is 16.8. The van der Waals surface area contributed by atoms with Crippen molar-refractivity contribution in [3.63, 3.8) is 0 Å². The van der Waals surface area contributed by atoms with Crippen LogP contribution < -0.4 is 5.32 Å². The summed E-state index contributed by atoms with van der Waals surface area (Å²) < 4.78 is 0. The molecular weight excluding hydrogens is 298 g/mol. The molecule has 0 saturated heterocycles. The Balaban J connectivity index is 1.59. The lowest BCUT2D eigenvalue weighted by molar-refractivity contribution is 0.0954. The topological polar surface area (TPSA) is 54.9 Å². The predicted octanol–water partition coefficient (Wildman–Crippen LogP) is 3.42. The Morgan fingerprint density at radius 3 is 2.62 bits per heavy atom. The van der Waals surface area contributed by atoms with Crippen LogP contribution in [0.1, 0.15) is 21.5 Å².